The first-order valence-electron chi connectivity index (χ1n) is 10.3. The molecule has 0 atom stereocenters. The normalized spacial score (nSPS) is 12.3. The third-order valence-electron chi connectivity index (χ3n) is 4.29. The minimum Gasteiger partial charge on any atom is -0.296 e. The van der Waals surface area contributed by atoms with Crippen molar-refractivity contribution in [2.45, 2.75) is 40.7 Å². The standard InChI is InChI=1S/C27H33NS/c1-5-28(19-11-7-10-18-27(2,3)4)22-26-16-12-15-24(21-26)13-8-6-9-14-25-17-20-29-23-25/h6-9,11-12,14-17,20-21,23H,5,13,19,22H2,1-4H3. The molecule has 0 bridgehead atoms. The summed E-state index contributed by atoms with van der Waals surface area (Å²) in [4.78, 5) is 2.42. The Hall–Kier alpha value is -2.34. The molecule has 0 aliphatic heterocycles. The number of allylic oxidation sites excluding steroid dienone is 4. The molecule has 1 aromatic carbocycles. The molecule has 0 unspecified atom stereocenters. The molecule has 0 radical (unpaired) electrons. The van der Waals surface area contributed by atoms with Crippen LogP contribution in [0.5, 0.6) is 0 Å². The van der Waals surface area contributed by atoms with Crippen molar-refractivity contribution in [3.63, 3.8) is 0 Å². The topological polar surface area (TPSA) is 3.24 Å². The quantitative estimate of drug-likeness (QED) is 0.322. The van der Waals surface area contributed by atoms with E-state index in [0.717, 1.165) is 26.1 Å². The Balaban J connectivity index is 1.85. The van der Waals surface area contributed by atoms with Gasteiger partial charge in [0.1, 0.15) is 0 Å². The third-order valence-corrected chi connectivity index (χ3v) is 4.99. The third kappa shape index (κ3) is 10.1. The average molecular weight is 404 g/mol. The lowest BCUT2D eigenvalue weighted by Crippen LogP contribution is -2.22. The van der Waals surface area contributed by atoms with Crippen molar-refractivity contribution in [3.8, 4) is 11.8 Å². The molecule has 0 amide bonds. The minimum absolute atomic E-state index is 0.0589. The van der Waals surface area contributed by atoms with Gasteiger partial charge in [0.05, 0.1) is 0 Å². The predicted octanol–water partition coefficient (Wildman–Crippen LogP) is 6.99. The van der Waals surface area contributed by atoms with E-state index in [1.54, 1.807) is 11.3 Å². The summed E-state index contributed by atoms with van der Waals surface area (Å²) in [6, 6.07) is 11.0. The van der Waals surface area contributed by atoms with Crippen molar-refractivity contribution in [2.75, 3.05) is 13.1 Å². The van der Waals surface area contributed by atoms with Crippen LogP contribution in [0, 0.1) is 17.3 Å². The molecule has 1 nitrogen and oxygen atoms in total. The lowest BCUT2D eigenvalue weighted by atomic mass is 9.98. The van der Waals surface area contributed by atoms with Crippen molar-refractivity contribution < 1.29 is 0 Å². The number of likely N-dealkylation sites (N-methyl/N-ethyl adjacent to an activating group) is 1. The number of nitrogens with zero attached hydrogens (tertiary/aromatic N) is 1. The Bertz CT molecular complexity index is 867. The van der Waals surface area contributed by atoms with Gasteiger partial charge < -0.3 is 0 Å². The van der Waals surface area contributed by atoms with Crippen LogP contribution in [-0.4, -0.2) is 18.0 Å². The molecule has 0 fully saturated rings. The second kappa shape index (κ2) is 12.3. The van der Waals surface area contributed by atoms with Gasteiger partial charge in [-0.3, -0.25) is 4.90 Å². The van der Waals surface area contributed by atoms with Crippen LogP contribution < -0.4 is 0 Å². The Morgan fingerprint density at radius 2 is 1.90 bits per heavy atom. The molecule has 1 aromatic heterocycles. The fourth-order valence-corrected chi connectivity index (χ4v) is 3.39. The maximum Gasteiger partial charge on any atom is 0.0237 e. The first-order valence-corrected chi connectivity index (χ1v) is 11.2. The Morgan fingerprint density at radius 3 is 2.62 bits per heavy atom. The van der Waals surface area contributed by atoms with E-state index >= 15 is 0 Å². The maximum absolute atomic E-state index is 3.24. The average Bonchev–Trinajstić information content (AvgIpc) is 3.19. The molecule has 0 spiro atoms. The second-order valence-electron chi connectivity index (χ2n) is 8.12. The van der Waals surface area contributed by atoms with E-state index in [4.69, 9.17) is 0 Å². The minimum atomic E-state index is 0.0589. The van der Waals surface area contributed by atoms with Gasteiger partial charge in [-0.1, -0.05) is 73.4 Å². The summed E-state index contributed by atoms with van der Waals surface area (Å²) in [6.45, 7) is 11.5. The van der Waals surface area contributed by atoms with Crippen molar-refractivity contribution in [3.05, 3.63) is 88.2 Å². The SMILES string of the molecule is CCN(CC=CC#CC(C)(C)C)Cc1cccc(CC=CC=Cc2ccsc2)c1. The van der Waals surface area contributed by atoms with Crippen LogP contribution in [0.3, 0.4) is 0 Å². The molecule has 152 valence electrons. The molecule has 0 aliphatic rings. The van der Waals surface area contributed by atoms with Gasteiger partial charge in [0, 0.05) is 18.5 Å². The first-order chi connectivity index (χ1) is 14.0. The van der Waals surface area contributed by atoms with Crippen molar-refractivity contribution >= 4 is 17.4 Å². The molecule has 0 aliphatic carbocycles. The predicted molar refractivity (Wildman–Crippen MR) is 130 cm³/mol. The molecular weight excluding hydrogens is 370 g/mol. The fraction of sp³-hybridized carbons (Fsp3) is 0.333. The molecule has 0 saturated carbocycles. The summed E-state index contributed by atoms with van der Waals surface area (Å²) in [6.07, 6.45) is 13.7. The zero-order valence-electron chi connectivity index (χ0n) is 18.2. The number of hydrogen-bond donors (Lipinski definition) is 0. The second-order valence-corrected chi connectivity index (χ2v) is 8.90. The van der Waals surface area contributed by atoms with Gasteiger partial charge in [0.2, 0.25) is 0 Å². The summed E-state index contributed by atoms with van der Waals surface area (Å²) >= 11 is 1.73. The highest BCUT2D eigenvalue weighted by molar-refractivity contribution is 7.08. The van der Waals surface area contributed by atoms with E-state index in [-0.39, 0.29) is 5.41 Å². The molecule has 29 heavy (non-hydrogen) atoms. The molecule has 2 aromatic rings. The summed E-state index contributed by atoms with van der Waals surface area (Å²) in [5, 5.41) is 4.25. The molecule has 2 heteroatoms. The van der Waals surface area contributed by atoms with E-state index in [1.807, 2.05) is 6.08 Å². The number of hydrogen-bond acceptors (Lipinski definition) is 2. The lowest BCUT2D eigenvalue weighted by Gasteiger charge is -2.18. The molecular formula is C27H33NS. The van der Waals surface area contributed by atoms with Crippen molar-refractivity contribution in [1.29, 1.82) is 0 Å². The summed E-state index contributed by atoms with van der Waals surface area (Å²) in [5.41, 5.74) is 4.04. The van der Waals surface area contributed by atoms with E-state index in [9.17, 15) is 0 Å². The number of rotatable bonds is 9. The summed E-state index contributed by atoms with van der Waals surface area (Å²) in [5.74, 6) is 6.39. The van der Waals surface area contributed by atoms with Gasteiger partial charge in [-0.15, -0.1) is 0 Å². The number of thiophene rings is 1. The van der Waals surface area contributed by atoms with Crippen LogP contribution in [0.2, 0.25) is 0 Å². The number of benzene rings is 1. The van der Waals surface area contributed by atoms with Crippen LogP contribution in [0.25, 0.3) is 6.08 Å². The highest BCUT2D eigenvalue weighted by Gasteiger charge is 2.03. The smallest absolute Gasteiger partial charge is 0.0237 e. The van der Waals surface area contributed by atoms with Crippen molar-refractivity contribution in [1.82, 2.24) is 4.90 Å². The van der Waals surface area contributed by atoms with E-state index < -0.39 is 0 Å². The van der Waals surface area contributed by atoms with E-state index in [1.165, 1.54) is 16.7 Å². The highest BCUT2D eigenvalue weighted by atomic mass is 32.1. The Morgan fingerprint density at radius 1 is 1.07 bits per heavy atom. The maximum atomic E-state index is 3.24. The van der Waals surface area contributed by atoms with Crippen LogP contribution >= 0.6 is 11.3 Å². The van der Waals surface area contributed by atoms with Crippen LogP contribution in [0.4, 0.5) is 0 Å². The van der Waals surface area contributed by atoms with Crippen molar-refractivity contribution in [2.24, 2.45) is 5.41 Å². The van der Waals surface area contributed by atoms with Gasteiger partial charge in [0.25, 0.3) is 0 Å². The zero-order valence-corrected chi connectivity index (χ0v) is 19.0. The molecule has 1 heterocycles. The lowest BCUT2D eigenvalue weighted by molar-refractivity contribution is 0.311. The molecule has 0 saturated heterocycles. The van der Waals surface area contributed by atoms with Crippen LogP contribution in [0.15, 0.2) is 71.5 Å². The monoisotopic (exact) mass is 403 g/mol. The van der Waals surface area contributed by atoms with Gasteiger partial charge in [-0.2, -0.15) is 11.3 Å². The van der Waals surface area contributed by atoms with Gasteiger partial charge >= 0.3 is 0 Å². The largest absolute Gasteiger partial charge is 0.296 e. The van der Waals surface area contributed by atoms with E-state index in [2.05, 4.69) is 116 Å². The summed E-state index contributed by atoms with van der Waals surface area (Å²) < 4.78 is 0. The summed E-state index contributed by atoms with van der Waals surface area (Å²) in [7, 11) is 0. The van der Waals surface area contributed by atoms with Crippen LogP contribution in [0.1, 0.15) is 44.4 Å². The van der Waals surface area contributed by atoms with Gasteiger partial charge in [-0.05, 0) is 73.3 Å². The van der Waals surface area contributed by atoms with Gasteiger partial charge in [-0.25, -0.2) is 0 Å². The Kier molecular flexibility index (Phi) is 9.71. The van der Waals surface area contributed by atoms with Gasteiger partial charge in [0.15, 0.2) is 0 Å². The zero-order chi connectivity index (χ0) is 21.0. The fourth-order valence-electron chi connectivity index (χ4n) is 2.76. The van der Waals surface area contributed by atoms with Crippen LogP contribution in [-0.2, 0) is 13.0 Å². The first kappa shape index (κ1) is 22.9. The highest BCUT2D eigenvalue weighted by Crippen LogP contribution is 2.11. The Labute approximate surface area is 181 Å². The van der Waals surface area contributed by atoms with E-state index in [0.29, 0.717) is 0 Å². The molecule has 2 rings (SSSR count). The molecule has 0 N–H and O–H groups in total.